The first kappa shape index (κ1) is 13.2. The summed E-state index contributed by atoms with van der Waals surface area (Å²) < 4.78 is 5.38. The van der Waals surface area contributed by atoms with Gasteiger partial charge in [-0.2, -0.15) is 5.10 Å². The van der Waals surface area contributed by atoms with Gasteiger partial charge in [-0.3, -0.25) is 5.10 Å². The van der Waals surface area contributed by atoms with Crippen molar-refractivity contribution >= 4 is 16.9 Å². The highest BCUT2D eigenvalue weighted by Crippen LogP contribution is 2.34. The molecule has 0 bridgehead atoms. The summed E-state index contributed by atoms with van der Waals surface area (Å²) >= 11 is 0. The first-order chi connectivity index (χ1) is 10.1. The van der Waals surface area contributed by atoms with Crippen molar-refractivity contribution in [3.63, 3.8) is 0 Å². The fraction of sp³-hybridized carbons (Fsp3) is 0.125. The van der Waals surface area contributed by atoms with Gasteiger partial charge in [0.05, 0.1) is 18.2 Å². The largest absolute Gasteiger partial charge is 0.496 e. The third kappa shape index (κ3) is 2.23. The average molecular weight is 282 g/mol. The Bertz CT molecular complexity index is 837. The molecule has 21 heavy (non-hydrogen) atoms. The van der Waals surface area contributed by atoms with Crippen molar-refractivity contribution in [3.8, 4) is 17.0 Å². The number of aromatic nitrogens is 2. The SMILES string of the molecule is COc1ccc(C)cc1-c1n[nH]c2ccc(C(=O)O)cc12. The standard InChI is InChI=1S/C16H14N2O3/c1-9-3-6-14(21-2)12(7-9)15-11-8-10(16(19)20)4-5-13(11)17-18-15/h3-8H,1-2H3,(H,17,18)(H,19,20). The highest BCUT2D eigenvalue weighted by Gasteiger charge is 2.15. The van der Waals surface area contributed by atoms with E-state index in [1.165, 1.54) is 0 Å². The van der Waals surface area contributed by atoms with Crippen LogP contribution in [0.5, 0.6) is 5.75 Å². The number of hydrogen-bond acceptors (Lipinski definition) is 3. The summed E-state index contributed by atoms with van der Waals surface area (Å²) in [5, 5.41) is 17.1. The highest BCUT2D eigenvalue weighted by atomic mass is 16.5. The van der Waals surface area contributed by atoms with Crippen molar-refractivity contribution in [2.45, 2.75) is 6.92 Å². The first-order valence-electron chi connectivity index (χ1n) is 6.46. The molecule has 0 saturated carbocycles. The number of nitrogens with zero attached hydrogens (tertiary/aromatic N) is 1. The van der Waals surface area contributed by atoms with Crippen molar-refractivity contribution in [1.82, 2.24) is 10.2 Å². The lowest BCUT2D eigenvalue weighted by Gasteiger charge is -2.07. The second kappa shape index (κ2) is 4.94. The van der Waals surface area contributed by atoms with Crippen molar-refractivity contribution in [2.24, 2.45) is 0 Å². The maximum atomic E-state index is 11.1. The van der Waals surface area contributed by atoms with Crippen molar-refractivity contribution in [1.29, 1.82) is 0 Å². The van der Waals surface area contributed by atoms with E-state index in [0.29, 0.717) is 11.4 Å². The van der Waals surface area contributed by atoms with Gasteiger partial charge in [-0.1, -0.05) is 11.6 Å². The molecule has 3 aromatic rings. The lowest BCUT2D eigenvalue weighted by molar-refractivity contribution is 0.0697. The van der Waals surface area contributed by atoms with Gasteiger partial charge in [0.15, 0.2) is 0 Å². The number of fused-ring (bicyclic) bond motifs is 1. The molecular weight excluding hydrogens is 268 g/mol. The maximum absolute atomic E-state index is 11.1. The van der Waals surface area contributed by atoms with Gasteiger partial charge in [0, 0.05) is 10.9 Å². The summed E-state index contributed by atoms with van der Waals surface area (Å²) in [6, 6.07) is 10.7. The molecule has 3 rings (SSSR count). The predicted molar refractivity (Wildman–Crippen MR) is 79.8 cm³/mol. The number of carboxylic acids is 1. The molecule has 5 heteroatoms. The molecule has 1 aromatic heterocycles. The van der Waals surface area contributed by atoms with Gasteiger partial charge in [-0.25, -0.2) is 4.79 Å². The summed E-state index contributed by atoms with van der Waals surface area (Å²) in [5.74, 6) is -0.255. The van der Waals surface area contributed by atoms with Crippen molar-refractivity contribution < 1.29 is 14.6 Å². The molecule has 0 fully saturated rings. The lowest BCUT2D eigenvalue weighted by atomic mass is 10.0. The average Bonchev–Trinajstić information content (AvgIpc) is 2.89. The van der Waals surface area contributed by atoms with Crippen LogP contribution in [0.2, 0.25) is 0 Å². The van der Waals surface area contributed by atoms with Crippen molar-refractivity contribution in [2.75, 3.05) is 7.11 Å². The van der Waals surface area contributed by atoms with Gasteiger partial charge < -0.3 is 9.84 Å². The number of rotatable bonds is 3. The smallest absolute Gasteiger partial charge is 0.335 e. The van der Waals surface area contributed by atoms with Gasteiger partial charge >= 0.3 is 5.97 Å². The molecule has 2 aromatic carbocycles. The monoisotopic (exact) mass is 282 g/mol. The van der Waals surface area contributed by atoms with E-state index in [2.05, 4.69) is 10.2 Å². The van der Waals surface area contributed by atoms with Crippen LogP contribution in [0.3, 0.4) is 0 Å². The number of benzene rings is 2. The van der Waals surface area contributed by atoms with Crippen LogP contribution in [0.15, 0.2) is 36.4 Å². The molecule has 5 nitrogen and oxygen atoms in total. The molecule has 106 valence electrons. The second-order valence-corrected chi connectivity index (χ2v) is 4.84. The van der Waals surface area contributed by atoms with Gasteiger partial charge in [0.25, 0.3) is 0 Å². The minimum atomic E-state index is -0.958. The van der Waals surface area contributed by atoms with Crippen LogP contribution < -0.4 is 4.74 Å². The third-order valence-corrected chi connectivity index (χ3v) is 3.42. The summed E-state index contributed by atoms with van der Waals surface area (Å²) in [5.41, 5.74) is 3.63. The Balaban J connectivity index is 2.27. The van der Waals surface area contributed by atoms with E-state index in [-0.39, 0.29) is 5.56 Å². The van der Waals surface area contributed by atoms with Crippen LogP contribution >= 0.6 is 0 Å². The van der Waals surface area contributed by atoms with E-state index in [9.17, 15) is 4.79 Å². The number of carbonyl (C=O) groups is 1. The third-order valence-electron chi connectivity index (χ3n) is 3.42. The topological polar surface area (TPSA) is 75.2 Å². The van der Waals surface area contributed by atoms with Crippen LogP contribution in [0.1, 0.15) is 15.9 Å². The zero-order valence-corrected chi connectivity index (χ0v) is 11.7. The number of ether oxygens (including phenoxy) is 1. The molecule has 0 radical (unpaired) electrons. The zero-order chi connectivity index (χ0) is 15.0. The molecule has 1 heterocycles. The first-order valence-corrected chi connectivity index (χ1v) is 6.46. The van der Waals surface area contributed by atoms with Gasteiger partial charge in [0.2, 0.25) is 0 Å². The zero-order valence-electron chi connectivity index (χ0n) is 11.7. The number of nitrogens with one attached hydrogen (secondary N) is 1. The summed E-state index contributed by atoms with van der Waals surface area (Å²) in [6.07, 6.45) is 0. The number of aryl methyl sites for hydroxylation is 1. The maximum Gasteiger partial charge on any atom is 0.335 e. The Morgan fingerprint density at radius 3 is 2.76 bits per heavy atom. The van der Waals surface area contributed by atoms with Gasteiger partial charge in [-0.15, -0.1) is 0 Å². The fourth-order valence-corrected chi connectivity index (χ4v) is 2.36. The van der Waals surface area contributed by atoms with E-state index in [4.69, 9.17) is 9.84 Å². The second-order valence-electron chi connectivity index (χ2n) is 4.84. The van der Waals surface area contributed by atoms with Crippen LogP contribution in [0.25, 0.3) is 22.2 Å². The minimum Gasteiger partial charge on any atom is -0.496 e. The lowest BCUT2D eigenvalue weighted by Crippen LogP contribution is -1.95. The van der Waals surface area contributed by atoms with E-state index < -0.39 is 5.97 Å². The van der Waals surface area contributed by atoms with Crippen LogP contribution in [0.4, 0.5) is 0 Å². The number of carboxylic acid groups (broad SMARTS) is 1. The van der Waals surface area contributed by atoms with Crippen LogP contribution in [0, 0.1) is 6.92 Å². The van der Waals surface area contributed by atoms with Gasteiger partial charge in [-0.05, 0) is 37.3 Å². The molecule has 0 spiro atoms. The summed E-state index contributed by atoms with van der Waals surface area (Å²) in [4.78, 5) is 11.1. The molecule has 0 aliphatic carbocycles. The van der Waals surface area contributed by atoms with E-state index in [0.717, 1.165) is 22.0 Å². The fourth-order valence-electron chi connectivity index (χ4n) is 2.36. The van der Waals surface area contributed by atoms with E-state index in [1.807, 2.05) is 25.1 Å². The Morgan fingerprint density at radius 2 is 2.05 bits per heavy atom. The summed E-state index contributed by atoms with van der Waals surface area (Å²) in [6.45, 7) is 1.99. The Morgan fingerprint density at radius 1 is 1.24 bits per heavy atom. The Hall–Kier alpha value is -2.82. The number of H-pyrrole nitrogens is 1. The normalized spacial score (nSPS) is 10.8. The quantitative estimate of drug-likeness (QED) is 0.773. The van der Waals surface area contributed by atoms with Crippen LogP contribution in [-0.2, 0) is 0 Å². The molecule has 0 amide bonds. The molecule has 0 saturated heterocycles. The predicted octanol–water partition coefficient (Wildman–Crippen LogP) is 3.25. The molecule has 0 atom stereocenters. The number of aromatic carboxylic acids is 1. The molecule has 0 aliphatic heterocycles. The minimum absolute atomic E-state index is 0.233. The highest BCUT2D eigenvalue weighted by molar-refractivity contribution is 5.99. The number of hydrogen-bond donors (Lipinski definition) is 2. The van der Waals surface area contributed by atoms with E-state index >= 15 is 0 Å². The summed E-state index contributed by atoms with van der Waals surface area (Å²) in [7, 11) is 1.60. The van der Waals surface area contributed by atoms with Crippen LogP contribution in [-0.4, -0.2) is 28.4 Å². The molecule has 2 N–H and O–H groups in total. The Labute approximate surface area is 121 Å². The van der Waals surface area contributed by atoms with Crippen molar-refractivity contribution in [3.05, 3.63) is 47.5 Å². The van der Waals surface area contributed by atoms with E-state index in [1.54, 1.807) is 25.3 Å². The van der Waals surface area contributed by atoms with Gasteiger partial charge in [0.1, 0.15) is 11.4 Å². The Kier molecular flexibility index (Phi) is 3.10. The number of methoxy groups -OCH3 is 1. The molecule has 0 aliphatic rings. The molecule has 0 unspecified atom stereocenters. The molecular formula is C16H14N2O3. The number of aromatic amines is 1.